The highest BCUT2D eigenvalue weighted by molar-refractivity contribution is 6.36. The zero-order valence-electron chi connectivity index (χ0n) is 14.3. The summed E-state index contributed by atoms with van der Waals surface area (Å²) in [4.78, 5) is 24.2. The number of carbonyl (C=O) groups is 2. The molecule has 0 bridgehead atoms. The molecule has 132 valence electrons. The molecule has 0 spiro atoms. The lowest BCUT2D eigenvalue weighted by molar-refractivity contribution is -0.119. The molecule has 0 atom stereocenters. The Bertz CT molecular complexity index is 784. The summed E-state index contributed by atoms with van der Waals surface area (Å²) in [5, 5.41) is 6.58. The minimum atomic E-state index is -0.231. The molecule has 2 amide bonds. The number of anilines is 2. The molecule has 0 aliphatic rings. The predicted molar refractivity (Wildman–Crippen MR) is 103 cm³/mol. The number of hydrogen-bond acceptors (Lipinski definition) is 2. The van der Waals surface area contributed by atoms with Crippen LogP contribution in [-0.2, 0) is 16.0 Å². The SMILES string of the molecule is Cc1ccc(NC(=O)C(C)C)cc1NC(=O)Cc1c(Cl)cccc1Cl. The number of halogens is 2. The van der Waals surface area contributed by atoms with Crippen molar-refractivity contribution in [1.82, 2.24) is 0 Å². The number of benzene rings is 2. The highest BCUT2D eigenvalue weighted by Gasteiger charge is 2.13. The van der Waals surface area contributed by atoms with Gasteiger partial charge in [-0.15, -0.1) is 0 Å². The van der Waals surface area contributed by atoms with Crippen LogP contribution in [0.4, 0.5) is 11.4 Å². The third-order valence-corrected chi connectivity index (χ3v) is 4.41. The number of aryl methyl sites for hydroxylation is 1. The third-order valence-electron chi connectivity index (χ3n) is 3.70. The van der Waals surface area contributed by atoms with E-state index in [4.69, 9.17) is 23.2 Å². The van der Waals surface area contributed by atoms with Crippen molar-refractivity contribution in [2.24, 2.45) is 5.92 Å². The monoisotopic (exact) mass is 378 g/mol. The standard InChI is InChI=1S/C19H20Cl2N2O2/c1-11(2)19(25)22-13-8-7-12(3)17(9-13)23-18(24)10-14-15(20)5-4-6-16(14)21/h4-9,11H,10H2,1-3H3,(H,22,25)(H,23,24). The van der Waals surface area contributed by atoms with E-state index in [-0.39, 0.29) is 24.2 Å². The first-order chi connectivity index (χ1) is 11.8. The van der Waals surface area contributed by atoms with Gasteiger partial charge < -0.3 is 10.6 Å². The van der Waals surface area contributed by atoms with Crippen molar-refractivity contribution in [2.45, 2.75) is 27.2 Å². The summed E-state index contributed by atoms with van der Waals surface area (Å²) < 4.78 is 0. The molecule has 2 rings (SSSR count). The fourth-order valence-corrected chi connectivity index (χ4v) is 2.71. The van der Waals surface area contributed by atoms with Crippen molar-refractivity contribution >= 4 is 46.4 Å². The largest absolute Gasteiger partial charge is 0.326 e. The number of carbonyl (C=O) groups excluding carboxylic acids is 2. The van der Waals surface area contributed by atoms with Crippen molar-refractivity contribution < 1.29 is 9.59 Å². The Hall–Kier alpha value is -2.04. The molecule has 0 fully saturated rings. The molecule has 2 aromatic rings. The summed E-state index contributed by atoms with van der Waals surface area (Å²) >= 11 is 12.2. The molecule has 0 radical (unpaired) electrons. The summed E-state index contributed by atoms with van der Waals surface area (Å²) in [6.45, 7) is 5.52. The molecule has 0 aromatic heterocycles. The first-order valence-corrected chi connectivity index (χ1v) is 8.67. The van der Waals surface area contributed by atoms with E-state index >= 15 is 0 Å². The molecule has 0 saturated carbocycles. The zero-order valence-corrected chi connectivity index (χ0v) is 15.8. The lowest BCUT2D eigenvalue weighted by atomic mass is 10.1. The molecule has 6 heteroatoms. The Morgan fingerprint density at radius 1 is 1.04 bits per heavy atom. The highest BCUT2D eigenvalue weighted by atomic mass is 35.5. The molecule has 2 N–H and O–H groups in total. The maximum Gasteiger partial charge on any atom is 0.228 e. The topological polar surface area (TPSA) is 58.2 Å². The quantitative estimate of drug-likeness (QED) is 0.761. The van der Waals surface area contributed by atoms with E-state index in [1.54, 1.807) is 30.3 Å². The minimum Gasteiger partial charge on any atom is -0.326 e. The summed E-state index contributed by atoms with van der Waals surface area (Å²) in [6, 6.07) is 10.5. The van der Waals surface area contributed by atoms with Crippen molar-refractivity contribution in [3.63, 3.8) is 0 Å². The van der Waals surface area contributed by atoms with Crippen molar-refractivity contribution in [1.29, 1.82) is 0 Å². The summed E-state index contributed by atoms with van der Waals surface area (Å²) in [6.07, 6.45) is 0.0700. The number of nitrogens with one attached hydrogen (secondary N) is 2. The summed E-state index contributed by atoms with van der Waals surface area (Å²) in [5.74, 6) is -0.434. The number of hydrogen-bond donors (Lipinski definition) is 2. The van der Waals surface area contributed by atoms with Crippen LogP contribution < -0.4 is 10.6 Å². The van der Waals surface area contributed by atoms with Gasteiger partial charge in [-0.3, -0.25) is 9.59 Å². The maximum absolute atomic E-state index is 12.4. The third kappa shape index (κ3) is 5.21. The molecular formula is C19H20Cl2N2O2. The van der Waals surface area contributed by atoms with Gasteiger partial charge >= 0.3 is 0 Å². The first kappa shape index (κ1) is 19.3. The zero-order chi connectivity index (χ0) is 18.6. The van der Waals surface area contributed by atoms with E-state index < -0.39 is 0 Å². The van der Waals surface area contributed by atoms with Gasteiger partial charge in [0, 0.05) is 27.3 Å². The molecular weight excluding hydrogens is 359 g/mol. The van der Waals surface area contributed by atoms with Crippen LogP contribution in [0.25, 0.3) is 0 Å². The van der Waals surface area contributed by atoms with Gasteiger partial charge in [0.1, 0.15) is 0 Å². The molecule has 2 aromatic carbocycles. The lowest BCUT2D eigenvalue weighted by Crippen LogP contribution is -2.19. The van der Waals surface area contributed by atoms with Crippen molar-refractivity contribution in [3.05, 3.63) is 57.6 Å². The molecule has 25 heavy (non-hydrogen) atoms. The fourth-order valence-electron chi connectivity index (χ4n) is 2.18. The van der Waals surface area contributed by atoms with E-state index in [1.807, 2.05) is 26.8 Å². The van der Waals surface area contributed by atoms with Crippen molar-refractivity contribution in [2.75, 3.05) is 10.6 Å². The van der Waals surface area contributed by atoms with Crippen molar-refractivity contribution in [3.8, 4) is 0 Å². The minimum absolute atomic E-state index is 0.0700. The van der Waals surface area contributed by atoms with Gasteiger partial charge in [-0.25, -0.2) is 0 Å². The second kappa shape index (κ2) is 8.37. The van der Waals surface area contributed by atoms with Crippen LogP contribution in [0.5, 0.6) is 0 Å². The molecule has 4 nitrogen and oxygen atoms in total. The molecule has 0 aliphatic heterocycles. The fraction of sp³-hybridized carbons (Fsp3) is 0.263. The number of amides is 2. The first-order valence-electron chi connectivity index (χ1n) is 7.92. The molecule has 0 aliphatic carbocycles. The van der Waals surface area contributed by atoms with Crippen LogP contribution in [0.15, 0.2) is 36.4 Å². The van der Waals surface area contributed by atoms with E-state index in [0.717, 1.165) is 5.56 Å². The van der Waals surface area contributed by atoms with Gasteiger partial charge in [0.2, 0.25) is 11.8 Å². The van der Waals surface area contributed by atoms with Crippen LogP contribution >= 0.6 is 23.2 Å². The second-order valence-electron chi connectivity index (χ2n) is 6.10. The average molecular weight is 379 g/mol. The van der Waals surface area contributed by atoms with E-state index in [2.05, 4.69) is 10.6 Å². The van der Waals surface area contributed by atoms with E-state index in [1.165, 1.54) is 0 Å². The van der Waals surface area contributed by atoms with Gasteiger partial charge in [-0.05, 0) is 42.3 Å². The van der Waals surface area contributed by atoms with Crippen LogP contribution in [0.2, 0.25) is 10.0 Å². The smallest absolute Gasteiger partial charge is 0.228 e. The Morgan fingerprint density at radius 3 is 2.28 bits per heavy atom. The van der Waals surface area contributed by atoms with Crippen LogP contribution in [0.1, 0.15) is 25.0 Å². The highest BCUT2D eigenvalue weighted by Crippen LogP contribution is 2.26. The summed E-state index contributed by atoms with van der Waals surface area (Å²) in [5.41, 5.74) is 2.75. The summed E-state index contributed by atoms with van der Waals surface area (Å²) in [7, 11) is 0. The van der Waals surface area contributed by atoms with Gasteiger partial charge in [0.25, 0.3) is 0 Å². The van der Waals surface area contributed by atoms with Gasteiger partial charge in [-0.2, -0.15) is 0 Å². The molecule has 0 unspecified atom stereocenters. The molecule has 0 heterocycles. The normalized spacial score (nSPS) is 10.6. The van der Waals surface area contributed by atoms with E-state index in [9.17, 15) is 9.59 Å². The Balaban J connectivity index is 2.13. The lowest BCUT2D eigenvalue weighted by Gasteiger charge is -2.13. The maximum atomic E-state index is 12.4. The van der Waals surface area contributed by atoms with E-state index in [0.29, 0.717) is 27.0 Å². The van der Waals surface area contributed by atoms with Gasteiger partial charge in [-0.1, -0.05) is 49.2 Å². The van der Waals surface area contributed by atoms with Crippen LogP contribution in [-0.4, -0.2) is 11.8 Å². The Kier molecular flexibility index (Phi) is 6.45. The van der Waals surface area contributed by atoms with Crippen LogP contribution in [0.3, 0.4) is 0 Å². The second-order valence-corrected chi connectivity index (χ2v) is 6.91. The average Bonchev–Trinajstić information content (AvgIpc) is 2.54. The molecule has 0 saturated heterocycles. The Labute approximate surface area is 157 Å². The number of rotatable bonds is 5. The van der Waals surface area contributed by atoms with Gasteiger partial charge in [0.05, 0.1) is 6.42 Å². The predicted octanol–water partition coefficient (Wildman–Crippen LogP) is 5.08. The Morgan fingerprint density at radius 2 is 1.68 bits per heavy atom. The van der Waals surface area contributed by atoms with Gasteiger partial charge in [0.15, 0.2) is 0 Å². The van der Waals surface area contributed by atoms with Crippen LogP contribution in [0, 0.1) is 12.8 Å².